The second-order valence-corrected chi connectivity index (χ2v) is 9.35. The third-order valence-electron chi connectivity index (χ3n) is 4.96. The highest BCUT2D eigenvalue weighted by atomic mass is 31.1. The second kappa shape index (κ2) is 9.93. The number of hydrogen-bond donors (Lipinski definition) is 0. The highest BCUT2D eigenvalue weighted by molar-refractivity contribution is 7.68. The molecule has 0 saturated carbocycles. The van der Waals surface area contributed by atoms with Crippen LogP contribution in [0.1, 0.15) is 25.5 Å². The SMILES string of the molecule is CC(C)N1[C]N(C[C@@H](OP(c2ccccc2)c2ccccc2)c2ccccc2)C=C1. The molecule has 30 heavy (non-hydrogen) atoms. The molecule has 0 amide bonds. The number of benzene rings is 3. The third kappa shape index (κ3) is 5.11. The molecule has 3 nitrogen and oxygen atoms in total. The molecule has 0 bridgehead atoms. The van der Waals surface area contributed by atoms with Crippen molar-refractivity contribution in [1.82, 2.24) is 9.80 Å². The fraction of sp³-hybridized carbons (Fsp3) is 0.192. The van der Waals surface area contributed by atoms with E-state index in [4.69, 9.17) is 4.52 Å². The molecule has 3 aromatic rings. The van der Waals surface area contributed by atoms with Crippen LogP contribution in [0.25, 0.3) is 0 Å². The van der Waals surface area contributed by atoms with Gasteiger partial charge in [-0.2, -0.15) is 0 Å². The molecule has 0 unspecified atom stereocenters. The molecule has 0 aliphatic carbocycles. The summed E-state index contributed by atoms with van der Waals surface area (Å²) in [6.07, 6.45) is 4.07. The van der Waals surface area contributed by atoms with Crippen molar-refractivity contribution in [2.45, 2.75) is 26.0 Å². The fourth-order valence-electron chi connectivity index (χ4n) is 3.33. The van der Waals surface area contributed by atoms with E-state index in [1.807, 2.05) is 6.07 Å². The number of hydrogen-bond acceptors (Lipinski definition) is 3. The third-order valence-corrected chi connectivity index (χ3v) is 6.96. The van der Waals surface area contributed by atoms with E-state index >= 15 is 0 Å². The van der Waals surface area contributed by atoms with Gasteiger partial charge >= 0.3 is 0 Å². The first-order valence-electron chi connectivity index (χ1n) is 10.3. The lowest BCUT2D eigenvalue weighted by Gasteiger charge is -2.29. The van der Waals surface area contributed by atoms with Gasteiger partial charge in [-0.3, -0.25) is 0 Å². The minimum atomic E-state index is -0.950. The molecule has 0 aromatic heterocycles. The molecule has 1 aliphatic rings. The molecule has 152 valence electrons. The first-order valence-corrected chi connectivity index (χ1v) is 11.6. The zero-order valence-electron chi connectivity index (χ0n) is 17.4. The smallest absolute Gasteiger partial charge is 0.208 e. The van der Waals surface area contributed by atoms with E-state index in [0.717, 1.165) is 0 Å². The van der Waals surface area contributed by atoms with Gasteiger partial charge in [0.25, 0.3) is 0 Å². The van der Waals surface area contributed by atoms with E-state index < -0.39 is 8.15 Å². The molecule has 4 heteroatoms. The van der Waals surface area contributed by atoms with Gasteiger partial charge in [-0.15, -0.1) is 0 Å². The average Bonchev–Trinajstić information content (AvgIpc) is 3.27. The van der Waals surface area contributed by atoms with Gasteiger partial charge in [0.05, 0.1) is 14.7 Å². The van der Waals surface area contributed by atoms with E-state index in [1.54, 1.807) is 0 Å². The zero-order valence-corrected chi connectivity index (χ0v) is 18.3. The summed E-state index contributed by atoms with van der Waals surface area (Å²) >= 11 is 0. The maximum absolute atomic E-state index is 6.90. The maximum atomic E-state index is 6.90. The summed E-state index contributed by atoms with van der Waals surface area (Å²) < 4.78 is 6.90. The van der Waals surface area contributed by atoms with Crippen molar-refractivity contribution >= 4 is 18.8 Å². The van der Waals surface area contributed by atoms with Crippen LogP contribution < -0.4 is 10.6 Å². The van der Waals surface area contributed by atoms with Gasteiger partial charge in [-0.25, -0.2) is 0 Å². The fourth-order valence-corrected chi connectivity index (χ4v) is 5.20. The largest absolute Gasteiger partial charge is 0.344 e. The second-order valence-electron chi connectivity index (χ2n) is 7.52. The lowest BCUT2D eigenvalue weighted by Crippen LogP contribution is -2.29. The van der Waals surface area contributed by atoms with Crippen LogP contribution in [0.4, 0.5) is 0 Å². The Labute approximate surface area is 181 Å². The molecule has 2 radical (unpaired) electrons. The Hall–Kier alpha value is -2.61. The van der Waals surface area contributed by atoms with Crippen LogP contribution >= 0.6 is 8.15 Å². The summed E-state index contributed by atoms with van der Waals surface area (Å²) in [5.41, 5.74) is 1.18. The highest BCUT2D eigenvalue weighted by Crippen LogP contribution is 2.41. The van der Waals surface area contributed by atoms with Crippen molar-refractivity contribution in [3.63, 3.8) is 0 Å². The lowest BCUT2D eigenvalue weighted by atomic mass is 10.1. The lowest BCUT2D eigenvalue weighted by molar-refractivity contribution is 0.181. The average molecular weight is 414 g/mol. The van der Waals surface area contributed by atoms with Crippen LogP contribution in [-0.4, -0.2) is 22.4 Å². The van der Waals surface area contributed by atoms with Gasteiger partial charge in [0, 0.05) is 29.1 Å². The maximum Gasteiger partial charge on any atom is 0.208 e. The first kappa shape index (κ1) is 20.7. The Balaban J connectivity index is 1.62. The van der Waals surface area contributed by atoms with Crippen LogP contribution in [0.15, 0.2) is 103 Å². The number of rotatable bonds is 8. The highest BCUT2D eigenvalue weighted by Gasteiger charge is 2.26. The normalized spacial score (nSPS) is 14.7. The Bertz CT molecular complexity index is 892. The van der Waals surface area contributed by atoms with Crippen molar-refractivity contribution in [3.05, 3.63) is 116 Å². The molecule has 0 saturated heterocycles. The minimum absolute atomic E-state index is 0.0815. The quantitative estimate of drug-likeness (QED) is 0.466. The van der Waals surface area contributed by atoms with E-state index in [0.29, 0.717) is 12.6 Å². The molecular formula is C26H27N2OP. The molecule has 3 aromatic carbocycles. The predicted molar refractivity (Wildman–Crippen MR) is 125 cm³/mol. The molecule has 0 fully saturated rings. The van der Waals surface area contributed by atoms with E-state index in [-0.39, 0.29) is 6.10 Å². The first-order chi connectivity index (χ1) is 14.7. The van der Waals surface area contributed by atoms with Gasteiger partial charge in [-0.05, 0) is 19.4 Å². The van der Waals surface area contributed by atoms with Crippen molar-refractivity contribution < 1.29 is 4.52 Å². The van der Waals surface area contributed by atoms with Crippen LogP contribution in [0.2, 0.25) is 0 Å². The van der Waals surface area contributed by atoms with Crippen LogP contribution in [0, 0.1) is 6.67 Å². The molecule has 4 rings (SSSR count). The van der Waals surface area contributed by atoms with Gasteiger partial charge < -0.3 is 14.3 Å². The summed E-state index contributed by atoms with van der Waals surface area (Å²) in [6, 6.07) is 32.0. The summed E-state index contributed by atoms with van der Waals surface area (Å²) in [4.78, 5) is 4.19. The summed E-state index contributed by atoms with van der Waals surface area (Å²) in [5.74, 6) is 0. The van der Waals surface area contributed by atoms with E-state index in [9.17, 15) is 0 Å². The van der Waals surface area contributed by atoms with E-state index in [1.165, 1.54) is 16.2 Å². The van der Waals surface area contributed by atoms with Crippen LogP contribution in [-0.2, 0) is 4.52 Å². The Kier molecular flexibility index (Phi) is 6.84. The topological polar surface area (TPSA) is 15.7 Å². The molecule has 1 heterocycles. The van der Waals surface area contributed by atoms with Crippen molar-refractivity contribution in [3.8, 4) is 0 Å². The van der Waals surface area contributed by atoms with Crippen molar-refractivity contribution in [2.24, 2.45) is 0 Å². The van der Waals surface area contributed by atoms with Gasteiger partial charge in [0.1, 0.15) is 6.10 Å². The van der Waals surface area contributed by atoms with Crippen molar-refractivity contribution in [2.75, 3.05) is 6.54 Å². The zero-order chi connectivity index (χ0) is 20.8. The molecule has 0 N–H and O–H groups in total. The summed E-state index contributed by atoms with van der Waals surface area (Å²) in [5, 5.41) is 2.43. The van der Waals surface area contributed by atoms with Crippen LogP contribution in [0.5, 0.6) is 0 Å². The predicted octanol–water partition coefficient (Wildman–Crippen LogP) is 5.29. The van der Waals surface area contributed by atoms with Crippen molar-refractivity contribution in [1.29, 1.82) is 0 Å². The molecule has 0 spiro atoms. The van der Waals surface area contributed by atoms with Crippen LogP contribution in [0.3, 0.4) is 0 Å². The van der Waals surface area contributed by atoms with Gasteiger partial charge in [0.15, 0.2) is 0 Å². The summed E-state index contributed by atoms with van der Waals surface area (Å²) in [6.45, 7) is 8.46. The van der Waals surface area contributed by atoms with Gasteiger partial charge in [-0.1, -0.05) is 91.0 Å². The molecule has 1 atom stereocenters. The Morgan fingerprint density at radius 2 is 1.30 bits per heavy atom. The standard InChI is InChI=1S/C26H27N2OP/c1-22(2)28-19-18-27(21-28)20-26(23-12-6-3-7-13-23)29-30(24-14-8-4-9-15-24)25-16-10-5-11-17-25/h3-19,22,26H,20H2,1-2H3/t26-/m1/s1. The minimum Gasteiger partial charge on any atom is -0.344 e. The monoisotopic (exact) mass is 414 g/mol. The van der Waals surface area contributed by atoms with Gasteiger partial charge in [0.2, 0.25) is 6.67 Å². The Morgan fingerprint density at radius 3 is 1.80 bits per heavy atom. The molecular weight excluding hydrogens is 387 g/mol. The summed E-state index contributed by atoms with van der Waals surface area (Å²) in [7, 11) is -0.950. The number of nitrogens with zero attached hydrogens (tertiary/aromatic N) is 2. The Morgan fingerprint density at radius 1 is 0.767 bits per heavy atom. The molecule has 1 aliphatic heterocycles. The van der Waals surface area contributed by atoms with E-state index in [2.05, 4.69) is 128 Å².